The molecule has 0 aliphatic carbocycles. The number of hydrogen-bond acceptors (Lipinski definition) is 4. The molecule has 4 heteroatoms. The predicted molar refractivity (Wildman–Crippen MR) is 75.2 cm³/mol. The maximum Gasteiger partial charge on any atom is 0.305 e. The van der Waals surface area contributed by atoms with E-state index in [0.717, 1.165) is 25.3 Å². The van der Waals surface area contributed by atoms with Crippen LogP contribution >= 0.6 is 0 Å². The summed E-state index contributed by atoms with van der Waals surface area (Å²) in [5, 5.41) is 3.32. The zero-order valence-corrected chi connectivity index (χ0v) is 11.8. The molecule has 0 spiro atoms. The molecule has 19 heavy (non-hydrogen) atoms. The Hall–Kier alpha value is -1.55. The molecule has 1 rings (SSSR count). The quantitative estimate of drug-likeness (QED) is 0.550. The lowest BCUT2D eigenvalue weighted by atomic mass is 10.2. The van der Waals surface area contributed by atoms with Gasteiger partial charge in [-0.05, 0) is 37.6 Å². The number of esters is 1. The van der Waals surface area contributed by atoms with Gasteiger partial charge in [0.25, 0.3) is 0 Å². The van der Waals surface area contributed by atoms with E-state index in [1.165, 1.54) is 5.56 Å². The highest BCUT2D eigenvalue weighted by molar-refractivity contribution is 5.68. The molecular weight excluding hydrogens is 242 g/mol. The fraction of sp³-hybridized carbons (Fsp3) is 0.533. The first kappa shape index (κ1) is 15.5. The summed E-state index contributed by atoms with van der Waals surface area (Å²) in [5.74, 6) is 0.767. The van der Waals surface area contributed by atoms with Gasteiger partial charge >= 0.3 is 5.97 Å². The second-order valence-corrected chi connectivity index (χ2v) is 4.18. The predicted octanol–water partition coefficient (Wildman–Crippen LogP) is 2.52. The summed E-state index contributed by atoms with van der Waals surface area (Å²) in [7, 11) is 0. The Balaban J connectivity index is 2.15. The number of carbonyl (C=O) groups is 1. The maximum absolute atomic E-state index is 10.9. The summed E-state index contributed by atoms with van der Waals surface area (Å²) in [6.45, 7) is 6.56. The molecular formula is C15H23NO3. The number of nitrogens with one attached hydrogen (secondary N) is 1. The smallest absolute Gasteiger partial charge is 0.305 e. The van der Waals surface area contributed by atoms with Crippen LogP contribution in [0.1, 0.15) is 32.3 Å². The summed E-state index contributed by atoms with van der Waals surface area (Å²) >= 11 is 0. The highest BCUT2D eigenvalue weighted by atomic mass is 16.5. The number of carbonyl (C=O) groups excluding carboxylic acids is 1. The lowest BCUT2D eigenvalue weighted by Crippen LogP contribution is -2.17. The van der Waals surface area contributed by atoms with Crippen LogP contribution in [0.5, 0.6) is 5.75 Å². The van der Waals surface area contributed by atoms with Crippen LogP contribution in [0, 0.1) is 0 Å². The number of hydrogen-bond donors (Lipinski definition) is 1. The summed E-state index contributed by atoms with van der Waals surface area (Å²) in [6.07, 6.45) is 1.27. The van der Waals surface area contributed by atoms with Gasteiger partial charge in [0.05, 0.1) is 13.2 Å². The van der Waals surface area contributed by atoms with Crippen molar-refractivity contribution in [2.24, 2.45) is 0 Å². The zero-order valence-electron chi connectivity index (χ0n) is 11.8. The molecule has 0 aliphatic rings. The van der Waals surface area contributed by atoms with Gasteiger partial charge in [-0.2, -0.15) is 0 Å². The zero-order chi connectivity index (χ0) is 13.9. The van der Waals surface area contributed by atoms with Crippen molar-refractivity contribution >= 4 is 5.97 Å². The first-order valence-corrected chi connectivity index (χ1v) is 6.84. The third-order valence-corrected chi connectivity index (χ3v) is 2.59. The van der Waals surface area contributed by atoms with E-state index in [1.54, 1.807) is 6.92 Å². The van der Waals surface area contributed by atoms with Crippen molar-refractivity contribution in [2.45, 2.75) is 33.2 Å². The van der Waals surface area contributed by atoms with E-state index in [2.05, 4.69) is 11.4 Å². The molecule has 0 bridgehead atoms. The number of ether oxygens (including phenoxy) is 2. The van der Waals surface area contributed by atoms with Crippen molar-refractivity contribution in [3.8, 4) is 5.75 Å². The average Bonchev–Trinajstić information content (AvgIpc) is 2.43. The van der Waals surface area contributed by atoms with Gasteiger partial charge in [-0.3, -0.25) is 4.79 Å². The topological polar surface area (TPSA) is 47.6 Å². The van der Waals surface area contributed by atoms with Crippen LogP contribution in [0.15, 0.2) is 24.3 Å². The van der Waals surface area contributed by atoms with Crippen molar-refractivity contribution in [3.63, 3.8) is 0 Å². The largest absolute Gasteiger partial charge is 0.494 e. The van der Waals surface area contributed by atoms with Gasteiger partial charge in [-0.15, -0.1) is 0 Å². The molecule has 0 atom stereocenters. The Morgan fingerprint density at radius 2 is 2.16 bits per heavy atom. The first-order chi connectivity index (χ1) is 9.26. The lowest BCUT2D eigenvalue weighted by Gasteiger charge is -2.08. The molecule has 0 amide bonds. The maximum atomic E-state index is 10.9. The fourth-order valence-corrected chi connectivity index (χ4v) is 1.63. The Morgan fingerprint density at radius 3 is 2.89 bits per heavy atom. The van der Waals surface area contributed by atoms with Gasteiger partial charge in [0.2, 0.25) is 0 Å². The first-order valence-electron chi connectivity index (χ1n) is 6.84. The van der Waals surface area contributed by atoms with Crippen LogP contribution in [-0.4, -0.2) is 25.7 Å². The average molecular weight is 265 g/mol. The Morgan fingerprint density at radius 1 is 1.32 bits per heavy atom. The minimum atomic E-state index is -0.135. The molecule has 0 heterocycles. The van der Waals surface area contributed by atoms with Gasteiger partial charge in [0.15, 0.2) is 0 Å². The summed E-state index contributed by atoms with van der Waals surface area (Å²) in [5.41, 5.74) is 1.19. The van der Waals surface area contributed by atoms with E-state index in [1.807, 2.05) is 25.1 Å². The monoisotopic (exact) mass is 265 g/mol. The third-order valence-electron chi connectivity index (χ3n) is 2.59. The van der Waals surface area contributed by atoms with Crippen molar-refractivity contribution in [2.75, 3.05) is 19.8 Å². The SMILES string of the molecule is CCOc1cccc(CNCCCOC(=O)CC)c1. The van der Waals surface area contributed by atoms with Crippen LogP contribution in [-0.2, 0) is 16.1 Å². The third kappa shape index (κ3) is 6.82. The van der Waals surface area contributed by atoms with Crippen LogP contribution in [0.3, 0.4) is 0 Å². The van der Waals surface area contributed by atoms with E-state index >= 15 is 0 Å². The minimum Gasteiger partial charge on any atom is -0.494 e. The van der Waals surface area contributed by atoms with E-state index in [-0.39, 0.29) is 5.97 Å². The van der Waals surface area contributed by atoms with Gasteiger partial charge < -0.3 is 14.8 Å². The van der Waals surface area contributed by atoms with E-state index < -0.39 is 0 Å². The minimum absolute atomic E-state index is 0.135. The fourth-order valence-electron chi connectivity index (χ4n) is 1.63. The second-order valence-electron chi connectivity index (χ2n) is 4.18. The van der Waals surface area contributed by atoms with Gasteiger partial charge in [0, 0.05) is 13.0 Å². The van der Waals surface area contributed by atoms with Crippen LogP contribution < -0.4 is 10.1 Å². The van der Waals surface area contributed by atoms with E-state index in [9.17, 15) is 4.79 Å². The number of rotatable bonds is 9. The molecule has 4 nitrogen and oxygen atoms in total. The Labute approximate surface area is 115 Å². The Bertz CT molecular complexity index is 379. The number of benzene rings is 1. The van der Waals surface area contributed by atoms with E-state index in [4.69, 9.17) is 9.47 Å². The van der Waals surface area contributed by atoms with E-state index in [0.29, 0.717) is 19.6 Å². The van der Waals surface area contributed by atoms with Gasteiger partial charge in [0.1, 0.15) is 5.75 Å². The van der Waals surface area contributed by atoms with Gasteiger partial charge in [-0.1, -0.05) is 19.1 Å². The van der Waals surface area contributed by atoms with Gasteiger partial charge in [-0.25, -0.2) is 0 Å². The molecule has 0 aliphatic heterocycles. The van der Waals surface area contributed by atoms with Crippen molar-refractivity contribution in [1.29, 1.82) is 0 Å². The summed E-state index contributed by atoms with van der Waals surface area (Å²) in [4.78, 5) is 10.9. The second kappa shape index (κ2) is 9.39. The highest BCUT2D eigenvalue weighted by Crippen LogP contribution is 2.12. The molecule has 1 N–H and O–H groups in total. The molecule has 0 saturated carbocycles. The molecule has 0 radical (unpaired) electrons. The Kier molecular flexibility index (Phi) is 7.66. The molecule has 1 aromatic rings. The standard InChI is InChI=1S/C15H23NO3/c1-3-15(17)19-10-6-9-16-12-13-7-5-8-14(11-13)18-4-2/h5,7-8,11,16H,3-4,6,9-10,12H2,1-2H3. The van der Waals surface area contributed by atoms with Crippen LogP contribution in [0.4, 0.5) is 0 Å². The molecule has 0 saturated heterocycles. The van der Waals surface area contributed by atoms with Crippen LogP contribution in [0.2, 0.25) is 0 Å². The summed E-state index contributed by atoms with van der Waals surface area (Å²) in [6, 6.07) is 8.04. The van der Waals surface area contributed by atoms with Crippen molar-refractivity contribution < 1.29 is 14.3 Å². The molecule has 1 aromatic carbocycles. The molecule has 0 aromatic heterocycles. The van der Waals surface area contributed by atoms with Crippen molar-refractivity contribution in [1.82, 2.24) is 5.32 Å². The summed E-state index contributed by atoms with van der Waals surface area (Å²) < 4.78 is 10.4. The lowest BCUT2D eigenvalue weighted by molar-refractivity contribution is -0.143. The molecule has 106 valence electrons. The van der Waals surface area contributed by atoms with Crippen molar-refractivity contribution in [3.05, 3.63) is 29.8 Å². The highest BCUT2D eigenvalue weighted by Gasteiger charge is 1.98. The molecule has 0 fully saturated rings. The molecule has 0 unspecified atom stereocenters. The normalized spacial score (nSPS) is 10.2. The van der Waals surface area contributed by atoms with Crippen LogP contribution in [0.25, 0.3) is 0 Å².